The number of rotatable bonds is 5. The molecular formula is C17H20FNO3. The first-order chi connectivity index (χ1) is 10.5. The highest BCUT2D eigenvalue weighted by Gasteiger charge is 2.44. The van der Waals surface area contributed by atoms with Crippen LogP contribution in [-0.4, -0.2) is 29.9 Å². The summed E-state index contributed by atoms with van der Waals surface area (Å²) in [5.41, 5.74) is 0.464. The first kappa shape index (κ1) is 15.2. The molecule has 0 aliphatic carbocycles. The van der Waals surface area contributed by atoms with Gasteiger partial charge in [0.2, 0.25) is 5.91 Å². The van der Waals surface area contributed by atoms with Crippen LogP contribution in [0.4, 0.5) is 4.39 Å². The summed E-state index contributed by atoms with van der Waals surface area (Å²) in [6, 6.07) is 5.22. The second kappa shape index (κ2) is 6.16. The normalized spacial score (nSPS) is 27.6. The Morgan fingerprint density at radius 2 is 2.05 bits per heavy atom. The molecule has 0 radical (unpaired) electrons. The summed E-state index contributed by atoms with van der Waals surface area (Å²) in [4.78, 5) is 24.4. The largest absolute Gasteiger partial charge is 0.374 e. The Balaban J connectivity index is 1.51. The molecule has 1 aromatic carbocycles. The van der Waals surface area contributed by atoms with Gasteiger partial charge in [0.1, 0.15) is 5.82 Å². The Bertz CT molecular complexity index is 572. The number of ketones is 1. The van der Waals surface area contributed by atoms with E-state index in [4.69, 9.17) is 4.74 Å². The summed E-state index contributed by atoms with van der Waals surface area (Å²) in [5.74, 6) is -0.570. The van der Waals surface area contributed by atoms with Crippen molar-refractivity contribution in [2.24, 2.45) is 5.92 Å². The van der Waals surface area contributed by atoms with Crippen molar-refractivity contribution in [3.8, 4) is 0 Å². The van der Waals surface area contributed by atoms with Gasteiger partial charge in [-0.3, -0.25) is 9.59 Å². The third-order valence-corrected chi connectivity index (χ3v) is 4.49. The molecule has 1 aromatic rings. The van der Waals surface area contributed by atoms with Gasteiger partial charge in [-0.05, 0) is 50.5 Å². The molecule has 2 fully saturated rings. The monoisotopic (exact) mass is 305 g/mol. The minimum Gasteiger partial charge on any atom is -0.374 e. The lowest BCUT2D eigenvalue weighted by molar-refractivity contribution is -0.127. The molecule has 1 amide bonds. The van der Waals surface area contributed by atoms with Crippen LogP contribution in [0, 0.1) is 11.7 Å². The highest BCUT2D eigenvalue weighted by Crippen LogP contribution is 2.38. The molecule has 2 bridgehead atoms. The second-order valence-corrected chi connectivity index (χ2v) is 6.26. The predicted octanol–water partition coefficient (Wildman–Crippen LogP) is 2.47. The van der Waals surface area contributed by atoms with E-state index in [1.807, 2.05) is 6.92 Å². The number of hydrogen-bond acceptors (Lipinski definition) is 3. The van der Waals surface area contributed by atoms with Crippen molar-refractivity contribution in [3.05, 3.63) is 35.6 Å². The fourth-order valence-electron chi connectivity index (χ4n) is 3.35. The van der Waals surface area contributed by atoms with Crippen LogP contribution >= 0.6 is 0 Å². The van der Waals surface area contributed by atoms with Crippen molar-refractivity contribution in [1.82, 2.24) is 5.32 Å². The fraction of sp³-hybridized carbons (Fsp3) is 0.529. The molecule has 2 aliphatic rings. The van der Waals surface area contributed by atoms with Crippen LogP contribution in [0.25, 0.3) is 0 Å². The number of hydrogen-bond donors (Lipinski definition) is 1. The molecular weight excluding hydrogens is 285 g/mol. The summed E-state index contributed by atoms with van der Waals surface area (Å²) in [7, 11) is 0. The molecule has 2 aliphatic heterocycles. The van der Waals surface area contributed by atoms with Crippen molar-refractivity contribution < 1.29 is 18.7 Å². The predicted molar refractivity (Wildman–Crippen MR) is 79.0 cm³/mol. The molecule has 3 rings (SSSR count). The third kappa shape index (κ3) is 3.19. The summed E-state index contributed by atoms with van der Waals surface area (Å²) in [5, 5.41) is 2.90. The van der Waals surface area contributed by atoms with Gasteiger partial charge in [0.05, 0.1) is 18.1 Å². The van der Waals surface area contributed by atoms with Crippen LogP contribution in [-0.2, 0) is 9.53 Å². The van der Waals surface area contributed by atoms with E-state index in [2.05, 4.69) is 5.32 Å². The maximum Gasteiger partial charge on any atom is 0.226 e. The van der Waals surface area contributed by atoms with Crippen LogP contribution < -0.4 is 5.32 Å². The number of fused-ring (bicyclic) bond motifs is 2. The third-order valence-electron chi connectivity index (χ3n) is 4.49. The van der Waals surface area contributed by atoms with E-state index in [0.29, 0.717) is 5.56 Å². The number of ether oxygens (including phenoxy) is 1. The Labute approximate surface area is 129 Å². The summed E-state index contributed by atoms with van der Waals surface area (Å²) < 4.78 is 18.5. The molecule has 1 N–H and O–H groups in total. The quantitative estimate of drug-likeness (QED) is 0.850. The summed E-state index contributed by atoms with van der Waals surface area (Å²) in [6.45, 7) is 1.81. The molecule has 4 atom stereocenters. The zero-order valence-corrected chi connectivity index (χ0v) is 12.5. The van der Waals surface area contributed by atoms with E-state index < -0.39 is 0 Å². The van der Waals surface area contributed by atoms with E-state index in [0.717, 1.165) is 19.3 Å². The van der Waals surface area contributed by atoms with Crippen molar-refractivity contribution in [2.45, 2.75) is 50.9 Å². The molecule has 118 valence electrons. The Hall–Kier alpha value is -1.75. The maximum atomic E-state index is 12.9. The van der Waals surface area contributed by atoms with E-state index in [9.17, 15) is 14.0 Å². The number of halogens is 1. The highest BCUT2D eigenvalue weighted by molar-refractivity contribution is 5.96. The molecule has 0 spiro atoms. The van der Waals surface area contributed by atoms with Crippen LogP contribution in [0.3, 0.4) is 0 Å². The fourth-order valence-corrected chi connectivity index (χ4v) is 3.35. The molecule has 5 heteroatoms. The second-order valence-electron chi connectivity index (χ2n) is 6.26. The van der Waals surface area contributed by atoms with Gasteiger partial charge in [0, 0.05) is 18.0 Å². The first-order valence-electron chi connectivity index (χ1n) is 7.77. The molecule has 4 nitrogen and oxygen atoms in total. The van der Waals surface area contributed by atoms with E-state index in [1.54, 1.807) is 0 Å². The van der Waals surface area contributed by atoms with Gasteiger partial charge in [0.25, 0.3) is 0 Å². The van der Waals surface area contributed by atoms with Crippen LogP contribution in [0.1, 0.15) is 43.0 Å². The van der Waals surface area contributed by atoms with E-state index in [-0.39, 0.29) is 48.1 Å². The molecule has 2 heterocycles. The lowest BCUT2D eigenvalue weighted by Crippen LogP contribution is -2.41. The molecule has 0 aromatic heterocycles. The summed E-state index contributed by atoms with van der Waals surface area (Å²) >= 11 is 0. The number of carbonyl (C=O) groups is 2. The lowest BCUT2D eigenvalue weighted by atomic mass is 9.88. The van der Waals surface area contributed by atoms with Crippen molar-refractivity contribution in [1.29, 1.82) is 0 Å². The molecule has 0 unspecified atom stereocenters. The van der Waals surface area contributed by atoms with Crippen LogP contribution in [0.2, 0.25) is 0 Å². The molecule has 2 saturated heterocycles. The lowest BCUT2D eigenvalue weighted by Gasteiger charge is -2.21. The topological polar surface area (TPSA) is 55.4 Å². The minimum absolute atomic E-state index is 0.0217. The highest BCUT2D eigenvalue weighted by atomic mass is 19.1. The van der Waals surface area contributed by atoms with Crippen molar-refractivity contribution in [2.75, 3.05) is 0 Å². The molecule has 22 heavy (non-hydrogen) atoms. The Kier molecular flexibility index (Phi) is 4.25. The van der Waals surface area contributed by atoms with E-state index in [1.165, 1.54) is 24.3 Å². The minimum atomic E-state index is -0.366. The van der Waals surface area contributed by atoms with Gasteiger partial charge in [-0.1, -0.05) is 0 Å². The van der Waals surface area contributed by atoms with Gasteiger partial charge in [-0.25, -0.2) is 4.39 Å². The maximum absolute atomic E-state index is 12.9. The van der Waals surface area contributed by atoms with E-state index >= 15 is 0 Å². The van der Waals surface area contributed by atoms with Crippen LogP contribution in [0.5, 0.6) is 0 Å². The van der Waals surface area contributed by atoms with Gasteiger partial charge in [-0.15, -0.1) is 0 Å². The first-order valence-corrected chi connectivity index (χ1v) is 7.77. The zero-order valence-electron chi connectivity index (χ0n) is 12.5. The number of benzene rings is 1. The van der Waals surface area contributed by atoms with Gasteiger partial charge >= 0.3 is 0 Å². The molecule has 0 saturated carbocycles. The smallest absolute Gasteiger partial charge is 0.226 e. The van der Waals surface area contributed by atoms with Crippen molar-refractivity contribution >= 4 is 11.7 Å². The standard InChI is InChI=1S/C17H20FNO3/c1-10(8-15(20)11-2-4-12(18)5-3-11)19-17(21)14-9-13-6-7-16(14)22-13/h2-5,10,13-14,16H,6-9H2,1H3,(H,19,21)/t10-,13-,14+,16-/m1/s1. The van der Waals surface area contributed by atoms with Gasteiger partial charge in [0.15, 0.2) is 5.78 Å². The number of amides is 1. The van der Waals surface area contributed by atoms with Gasteiger partial charge in [-0.2, -0.15) is 0 Å². The zero-order chi connectivity index (χ0) is 15.7. The van der Waals surface area contributed by atoms with Crippen molar-refractivity contribution in [3.63, 3.8) is 0 Å². The number of Topliss-reactive ketones (excluding diaryl/α,β-unsaturated/α-hetero) is 1. The van der Waals surface area contributed by atoms with Crippen LogP contribution in [0.15, 0.2) is 24.3 Å². The average molecular weight is 305 g/mol. The Morgan fingerprint density at radius 1 is 1.32 bits per heavy atom. The number of nitrogens with one attached hydrogen (secondary N) is 1. The number of carbonyl (C=O) groups excluding carboxylic acids is 2. The average Bonchev–Trinajstić information content (AvgIpc) is 3.10. The summed E-state index contributed by atoms with van der Waals surface area (Å²) in [6.07, 6.45) is 3.27. The Morgan fingerprint density at radius 3 is 2.64 bits per heavy atom. The van der Waals surface area contributed by atoms with Gasteiger partial charge < -0.3 is 10.1 Å². The SMILES string of the molecule is C[C@H](CC(=O)c1ccc(F)cc1)NC(=O)[C@H]1C[C@H]2CC[C@H]1O2.